The van der Waals surface area contributed by atoms with Crippen LogP contribution in [0.15, 0.2) is 0 Å². The molecule has 0 amide bonds. The summed E-state index contributed by atoms with van der Waals surface area (Å²) in [6, 6.07) is 0. The average molecular weight is 312 g/mol. The van der Waals surface area contributed by atoms with E-state index in [1.54, 1.807) is 0 Å². The summed E-state index contributed by atoms with van der Waals surface area (Å²) >= 11 is 7.46. The second-order valence-corrected chi connectivity index (χ2v) is 6.60. The van der Waals surface area contributed by atoms with Crippen molar-refractivity contribution in [3.8, 4) is 0 Å². The van der Waals surface area contributed by atoms with Gasteiger partial charge in [-0.3, -0.25) is 0 Å². The first-order valence-electron chi connectivity index (χ1n) is 5.14. The van der Waals surface area contributed by atoms with Crippen molar-refractivity contribution < 1.29 is 4.74 Å². The Morgan fingerprint density at radius 1 is 1.00 bits per heavy atom. The molecule has 1 saturated heterocycles. The van der Waals surface area contributed by atoms with E-state index >= 15 is 0 Å². The maximum absolute atomic E-state index is 5.92. The standard InChI is InChI=1S/C10H16Br2O/c11-8-2-5-10(4-1-7-13-10)6-3-9(8)12/h8-9H,1-7H2/t8-,9-/m0/s1. The first-order valence-corrected chi connectivity index (χ1v) is 6.97. The van der Waals surface area contributed by atoms with E-state index in [1.807, 2.05) is 0 Å². The van der Waals surface area contributed by atoms with Crippen LogP contribution in [0.25, 0.3) is 0 Å². The van der Waals surface area contributed by atoms with Crippen molar-refractivity contribution in [1.29, 1.82) is 0 Å². The molecule has 2 atom stereocenters. The van der Waals surface area contributed by atoms with Gasteiger partial charge >= 0.3 is 0 Å². The van der Waals surface area contributed by atoms with Crippen molar-refractivity contribution in [3.63, 3.8) is 0 Å². The Kier molecular flexibility index (Phi) is 3.37. The molecule has 1 aliphatic carbocycles. The lowest BCUT2D eigenvalue weighted by Gasteiger charge is -2.26. The number of ether oxygens (including phenoxy) is 1. The van der Waals surface area contributed by atoms with Crippen LogP contribution in [0.5, 0.6) is 0 Å². The van der Waals surface area contributed by atoms with E-state index in [9.17, 15) is 0 Å². The molecule has 1 aliphatic heterocycles. The zero-order valence-electron chi connectivity index (χ0n) is 7.77. The average Bonchev–Trinajstić information content (AvgIpc) is 2.54. The lowest BCUT2D eigenvalue weighted by Crippen LogP contribution is -2.26. The number of hydrogen-bond donors (Lipinski definition) is 0. The first kappa shape index (κ1) is 10.4. The maximum Gasteiger partial charge on any atom is 0.0684 e. The molecular weight excluding hydrogens is 296 g/mol. The minimum atomic E-state index is 0.258. The number of hydrogen-bond acceptors (Lipinski definition) is 1. The molecule has 0 radical (unpaired) electrons. The highest BCUT2D eigenvalue weighted by molar-refractivity contribution is 9.12. The fourth-order valence-corrected chi connectivity index (χ4v) is 3.42. The van der Waals surface area contributed by atoms with Gasteiger partial charge in [0.15, 0.2) is 0 Å². The zero-order valence-corrected chi connectivity index (χ0v) is 10.9. The molecule has 3 heteroatoms. The minimum Gasteiger partial charge on any atom is -0.375 e. The fourth-order valence-electron chi connectivity index (χ4n) is 2.44. The molecule has 0 aromatic heterocycles. The summed E-state index contributed by atoms with van der Waals surface area (Å²) in [7, 11) is 0. The molecule has 0 aromatic rings. The molecule has 0 N–H and O–H groups in total. The molecule has 0 unspecified atom stereocenters. The maximum atomic E-state index is 5.92. The third kappa shape index (κ3) is 2.29. The van der Waals surface area contributed by atoms with Crippen molar-refractivity contribution in [3.05, 3.63) is 0 Å². The monoisotopic (exact) mass is 310 g/mol. The van der Waals surface area contributed by atoms with Crippen LogP contribution in [0, 0.1) is 0 Å². The van der Waals surface area contributed by atoms with Crippen LogP contribution in [0.3, 0.4) is 0 Å². The highest BCUT2D eigenvalue weighted by atomic mass is 79.9. The number of alkyl halides is 2. The normalized spacial score (nSPS) is 39.2. The Morgan fingerprint density at radius 2 is 1.62 bits per heavy atom. The van der Waals surface area contributed by atoms with Crippen molar-refractivity contribution in [2.45, 2.75) is 53.8 Å². The van der Waals surface area contributed by atoms with Crippen molar-refractivity contribution in [2.75, 3.05) is 6.61 Å². The van der Waals surface area contributed by atoms with Gasteiger partial charge in [0.2, 0.25) is 0 Å². The lowest BCUT2D eigenvalue weighted by molar-refractivity contribution is -0.00759. The van der Waals surface area contributed by atoms with Gasteiger partial charge < -0.3 is 4.74 Å². The van der Waals surface area contributed by atoms with Crippen LogP contribution in [-0.2, 0) is 4.74 Å². The molecular formula is C10H16Br2O. The van der Waals surface area contributed by atoms with E-state index in [2.05, 4.69) is 31.9 Å². The van der Waals surface area contributed by atoms with Crippen LogP contribution in [0.2, 0.25) is 0 Å². The third-order valence-corrected chi connectivity index (χ3v) is 6.23. The van der Waals surface area contributed by atoms with Crippen LogP contribution in [-0.4, -0.2) is 21.9 Å². The molecule has 76 valence electrons. The van der Waals surface area contributed by atoms with Gasteiger partial charge in [0, 0.05) is 16.3 Å². The van der Waals surface area contributed by atoms with Gasteiger partial charge in [0.05, 0.1) is 5.60 Å². The second-order valence-electron chi connectivity index (χ2n) is 4.24. The zero-order chi connectivity index (χ0) is 9.31. The molecule has 0 bridgehead atoms. The quantitative estimate of drug-likeness (QED) is 0.621. The summed E-state index contributed by atoms with van der Waals surface area (Å²) in [6.45, 7) is 0.986. The van der Waals surface area contributed by atoms with Gasteiger partial charge in [-0.2, -0.15) is 0 Å². The molecule has 2 fully saturated rings. The molecule has 2 aliphatic rings. The smallest absolute Gasteiger partial charge is 0.0684 e. The van der Waals surface area contributed by atoms with E-state index in [1.165, 1.54) is 38.5 Å². The predicted molar refractivity (Wildman–Crippen MR) is 61.8 cm³/mol. The number of halogens is 2. The van der Waals surface area contributed by atoms with Gasteiger partial charge in [0.25, 0.3) is 0 Å². The second kappa shape index (κ2) is 4.19. The lowest BCUT2D eigenvalue weighted by atomic mass is 9.91. The summed E-state index contributed by atoms with van der Waals surface area (Å²) in [5.74, 6) is 0. The van der Waals surface area contributed by atoms with E-state index in [4.69, 9.17) is 4.74 Å². The van der Waals surface area contributed by atoms with Crippen molar-refractivity contribution in [2.24, 2.45) is 0 Å². The van der Waals surface area contributed by atoms with E-state index in [-0.39, 0.29) is 5.60 Å². The fraction of sp³-hybridized carbons (Fsp3) is 1.00. The highest BCUT2D eigenvalue weighted by Gasteiger charge is 2.38. The molecule has 1 nitrogen and oxygen atoms in total. The van der Waals surface area contributed by atoms with E-state index in [0.717, 1.165) is 6.61 Å². The highest BCUT2D eigenvalue weighted by Crippen LogP contribution is 2.41. The van der Waals surface area contributed by atoms with Gasteiger partial charge in [-0.25, -0.2) is 0 Å². The Hall–Kier alpha value is 0.920. The SMILES string of the molecule is Br[C@H]1CCC2(CCCO2)CC[C@@H]1Br. The Bertz CT molecular complexity index is 164. The van der Waals surface area contributed by atoms with Crippen molar-refractivity contribution >= 4 is 31.9 Å². The first-order chi connectivity index (χ1) is 6.22. The Labute approximate surface area is 96.9 Å². The Balaban J connectivity index is 2.00. The summed E-state index contributed by atoms with van der Waals surface area (Å²) in [5, 5.41) is 0. The molecule has 1 spiro atoms. The summed E-state index contributed by atoms with van der Waals surface area (Å²) in [4.78, 5) is 1.27. The van der Waals surface area contributed by atoms with Crippen molar-refractivity contribution in [1.82, 2.24) is 0 Å². The molecule has 13 heavy (non-hydrogen) atoms. The van der Waals surface area contributed by atoms with Gasteiger partial charge in [0.1, 0.15) is 0 Å². The van der Waals surface area contributed by atoms with E-state index in [0.29, 0.717) is 9.65 Å². The van der Waals surface area contributed by atoms with Gasteiger partial charge in [-0.1, -0.05) is 31.9 Å². The van der Waals surface area contributed by atoms with Gasteiger partial charge in [-0.15, -0.1) is 0 Å². The summed E-state index contributed by atoms with van der Waals surface area (Å²) < 4.78 is 5.92. The molecule has 0 aromatic carbocycles. The summed E-state index contributed by atoms with van der Waals surface area (Å²) in [5.41, 5.74) is 0.258. The largest absolute Gasteiger partial charge is 0.375 e. The summed E-state index contributed by atoms with van der Waals surface area (Å²) in [6.07, 6.45) is 7.52. The molecule has 1 saturated carbocycles. The van der Waals surface area contributed by atoms with E-state index < -0.39 is 0 Å². The van der Waals surface area contributed by atoms with Crippen LogP contribution in [0.4, 0.5) is 0 Å². The topological polar surface area (TPSA) is 9.23 Å². The van der Waals surface area contributed by atoms with Gasteiger partial charge in [-0.05, 0) is 38.5 Å². The van der Waals surface area contributed by atoms with Crippen LogP contribution >= 0.6 is 31.9 Å². The minimum absolute atomic E-state index is 0.258. The molecule has 2 rings (SSSR count). The third-order valence-electron chi connectivity index (χ3n) is 3.33. The van der Waals surface area contributed by atoms with Crippen LogP contribution < -0.4 is 0 Å². The molecule has 1 heterocycles. The number of rotatable bonds is 0. The van der Waals surface area contributed by atoms with Crippen LogP contribution in [0.1, 0.15) is 38.5 Å². The predicted octanol–water partition coefficient (Wildman–Crippen LogP) is 3.64. The Morgan fingerprint density at radius 3 is 2.08 bits per heavy atom.